The number of nitriles is 1. The number of allylic oxidation sites excluding steroid dienone is 3. The van der Waals surface area contributed by atoms with Crippen LogP contribution in [0.15, 0.2) is 77.4 Å². The summed E-state index contributed by atoms with van der Waals surface area (Å²) in [5.74, 6) is -0.0808. The molecule has 0 fully saturated rings. The maximum atomic E-state index is 13.5. The van der Waals surface area contributed by atoms with Crippen molar-refractivity contribution in [1.29, 1.82) is 5.26 Å². The smallest absolute Gasteiger partial charge is 0.212 e. The summed E-state index contributed by atoms with van der Waals surface area (Å²) in [6, 6.07) is 17.6. The van der Waals surface area contributed by atoms with Gasteiger partial charge in [0.1, 0.15) is 23.2 Å². The van der Waals surface area contributed by atoms with Gasteiger partial charge >= 0.3 is 0 Å². The van der Waals surface area contributed by atoms with E-state index in [-0.39, 0.29) is 17.0 Å². The largest absolute Gasteiger partial charge is 0.444 e. The number of nitrogens with one attached hydrogen (secondary N) is 1. The van der Waals surface area contributed by atoms with Crippen molar-refractivity contribution in [1.82, 2.24) is 0 Å². The normalized spacial score (nSPS) is 20.6. The van der Waals surface area contributed by atoms with E-state index in [1.165, 1.54) is 12.1 Å². The Hall–Kier alpha value is -3.39. The van der Waals surface area contributed by atoms with E-state index in [1.54, 1.807) is 12.1 Å². The molecule has 1 heterocycles. The third kappa shape index (κ3) is 3.66. The number of hydrogen-bond donors (Lipinski definition) is 1. The minimum absolute atomic E-state index is 0.0305. The van der Waals surface area contributed by atoms with Gasteiger partial charge in [-0.15, -0.1) is 0 Å². The maximum absolute atomic E-state index is 13.5. The molecule has 146 valence electrons. The number of rotatable bonds is 3. The summed E-state index contributed by atoms with van der Waals surface area (Å²) in [6.45, 7) is 4.05. The van der Waals surface area contributed by atoms with Crippen molar-refractivity contribution in [2.24, 2.45) is 5.41 Å². The van der Waals surface area contributed by atoms with Crippen molar-refractivity contribution < 1.29 is 13.9 Å². The van der Waals surface area contributed by atoms with E-state index in [4.69, 9.17) is 4.74 Å². The molecule has 0 saturated heterocycles. The van der Waals surface area contributed by atoms with E-state index < -0.39 is 5.92 Å². The first kappa shape index (κ1) is 18.9. The topological polar surface area (TPSA) is 62.1 Å². The molecular weight excluding hydrogens is 367 g/mol. The van der Waals surface area contributed by atoms with Crippen LogP contribution < -0.4 is 5.32 Å². The summed E-state index contributed by atoms with van der Waals surface area (Å²) in [7, 11) is 0. The van der Waals surface area contributed by atoms with Gasteiger partial charge in [-0.05, 0) is 35.2 Å². The van der Waals surface area contributed by atoms with Crippen LogP contribution in [0.5, 0.6) is 0 Å². The van der Waals surface area contributed by atoms with Crippen molar-refractivity contribution in [3.8, 4) is 6.07 Å². The molecule has 5 heteroatoms. The molecule has 0 saturated carbocycles. The van der Waals surface area contributed by atoms with Gasteiger partial charge in [-0.3, -0.25) is 4.79 Å². The van der Waals surface area contributed by atoms with E-state index >= 15 is 0 Å². The number of anilines is 1. The SMILES string of the molecule is CC1(C)CC(=O)C2=C(C1)OC(Nc1ccccc1)=C(C#N)C2c1ccc(F)cc1. The zero-order valence-electron chi connectivity index (χ0n) is 16.3. The van der Waals surface area contributed by atoms with Crippen LogP contribution >= 0.6 is 0 Å². The minimum Gasteiger partial charge on any atom is -0.444 e. The number of benzene rings is 2. The third-order valence-electron chi connectivity index (χ3n) is 5.28. The molecule has 2 aromatic carbocycles. The van der Waals surface area contributed by atoms with E-state index in [0.29, 0.717) is 41.2 Å². The molecule has 2 aliphatic rings. The van der Waals surface area contributed by atoms with Gasteiger partial charge in [0, 0.05) is 24.1 Å². The average Bonchev–Trinajstić information content (AvgIpc) is 2.67. The van der Waals surface area contributed by atoms with E-state index in [0.717, 1.165) is 5.69 Å². The Morgan fingerprint density at radius 1 is 1.10 bits per heavy atom. The quantitative estimate of drug-likeness (QED) is 0.762. The molecule has 0 amide bonds. The molecule has 0 aromatic heterocycles. The summed E-state index contributed by atoms with van der Waals surface area (Å²) >= 11 is 0. The lowest BCUT2D eigenvalue weighted by Crippen LogP contribution is -2.33. The summed E-state index contributed by atoms with van der Waals surface area (Å²) in [6.07, 6.45) is 0.970. The Labute approximate surface area is 169 Å². The first-order valence-corrected chi connectivity index (χ1v) is 9.54. The van der Waals surface area contributed by atoms with E-state index in [9.17, 15) is 14.4 Å². The highest BCUT2D eigenvalue weighted by Gasteiger charge is 2.43. The summed E-state index contributed by atoms with van der Waals surface area (Å²) in [5.41, 5.74) is 2.06. The van der Waals surface area contributed by atoms with Crippen LogP contribution in [-0.4, -0.2) is 5.78 Å². The summed E-state index contributed by atoms with van der Waals surface area (Å²) in [4.78, 5) is 13.1. The van der Waals surface area contributed by atoms with Crippen LogP contribution in [0.2, 0.25) is 0 Å². The lowest BCUT2D eigenvalue weighted by Gasteiger charge is -2.38. The number of para-hydroxylation sites is 1. The predicted molar refractivity (Wildman–Crippen MR) is 108 cm³/mol. The molecule has 1 aliphatic carbocycles. The van der Waals surface area contributed by atoms with Gasteiger partial charge in [-0.2, -0.15) is 5.26 Å². The first-order chi connectivity index (χ1) is 13.9. The standard InChI is InChI=1S/C24H21FN2O2/c1-24(2)12-19(28)22-20(13-24)29-23(27-17-6-4-3-5-7-17)18(14-26)21(22)15-8-10-16(25)11-9-15/h3-11,21,27H,12-13H2,1-2H3. The molecule has 4 nitrogen and oxygen atoms in total. The number of halogens is 1. The Morgan fingerprint density at radius 2 is 1.79 bits per heavy atom. The van der Waals surface area contributed by atoms with E-state index in [2.05, 4.69) is 11.4 Å². The average molecular weight is 388 g/mol. The van der Waals surface area contributed by atoms with E-state index in [1.807, 2.05) is 44.2 Å². The number of hydrogen-bond acceptors (Lipinski definition) is 4. The minimum atomic E-state index is -0.584. The van der Waals surface area contributed by atoms with Crippen molar-refractivity contribution in [3.63, 3.8) is 0 Å². The molecule has 0 bridgehead atoms. The maximum Gasteiger partial charge on any atom is 0.212 e. The van der Waals surface area contributed by atoms with Gasteiger partial charge in [0.05, 0.1) is 5.92 Å². The van der Waals surface area contributed by atoms with Gasteiger partial charge in [0.25, 0.3) is 0 Å². The predicted octanol–water partition coefficient (Wildman–Crippen LogP) is 5.43. The molecule has 1 aliphatic heterocycles. The fraction of sp³-hybridized carbons (Fsp3) is 0.250. The molecule has 1 atom stereocenters. The van der Waals surface area contributed by atoms with Crippen LogP contribution in [0.25, 0.3) is 0 Å². The fourth-order valence-corrected chi connectivity index (χ4v) is 3.99. The first-order valence-electron chi connectivity index (χ1n) is 9.54. The Morgan fingerprint density at radius 3 is 2.45 bits per heavy atom. The second kappa shape index (κ2) is 7.21. The molecule has 29 heavy (non-hydrogen) atoms. The van der Waals surface area contributed by atoms with Crippen molar-refractivity contribution in [3.05, 3.63) is 88.8 Å². The molecule has 0 spiro atoms. The second-order valence-corrected chi connectivity index (χ2v) is 8.21. The molecule has 2 aromatic rings. The molecule has 4 rings (SSSR count). The fourth-order valence-electron chi connectivity index (χ4n) is 3.99. The Bertz CT molecular complexity index is 1060. The summed E-state index contributed by atoms with van der Waals surface area (Å²) < 4.78 is 19.6. The highest BCUT2D eigenvalue weighted by molar-refractivity contribution is 6.00. The van der Waals surface area contributed by atoms with Crippen molar-refractivity contribution in [2.45, 2.75) is 32.6 Å². The molecule has 1 unspecified atom stereocenters. The van der Waals surface area contributed by atoms with Crippen molar-refractivity contribution >= 4 is 11.5 Å². The van der Waals surface area contributed by atoms with Crippen LogP contribution in [0, 0.1) is 22.6 Å². The number of carbonyl (C=O) groups excluding carboxylic acids is 1. The second-order valence-electron chi connectivity index (χ2n) is 8.21. The monoisotopic (exact) mass is 388 g/mol. The zero-order valence-corrected chi connectivity index (χ0v) is 16.3. The van der Waals surface area contributed by atoms with Crippen LogP contribution in [0.3, 0.4) is 0 Å². The molecular formula is C24H21FN2O2. The number of ether oxygens (including phenoxy) is 1. The van der Waals surface area contributed by atoms with Gasteiger partial charge in [0.15, 0.2) is 5.78 Å². The summed E-state index contributed by atoms with van der Waals surface area (Å²) in [5, 5.41) is 13.2. The lowest BCUT2D eigenvalue weighted by molar-refractivity contribution is -0.119. The van der Waals surface area contributed by atoms with Gasteiger partial charge in [0.2, 0.25) is 5.88 Å². The third-order valence-corrected chi connectivity index (χ3v) is 5.28. The van der Waals surface area contributed by atoms with Crippen molar-refractivity contribution in [2.75, 3.05) is 5.32 Å². The highest BCUT2D eigenvalue weighted by Crippen LogP contribution is 2.48. The van der Waals surface area contributed by atoms with Crippen LogP contribution in [-0.2, 0) is 9.53 Å². The highest BCUT2D eigenvalue weighted by atomic mass is 19.1. The van der Waals surface area contributed by atoms with Gasteiger partial charge in [-0.1, -0.05) is 44.2 Å². The van der Waals surface area contributed by atoms with Gasteiger partial charge < -0.3 is 10.1 Å². The Kier molecular flexibility index (Phi) is 4.71. The lowest BCUT2D eigenvalue weighted by atomic mass is 9.70. The molecule has 0 radical (unpaired) electrons. The van der Waals surface area contributed by atoms with Crippen LogP contribution in [0.4, 0.5) is 10.1 Å². The number of ketones is 1. The number of Topliss-reactive ketones (excluding diaryl/α,β-unsaturated/α-hetero) is 1. The van der Waals surface area contributed by atoms with Gasteiger partial charge in [-0.25, -0.2) is 4.39 Å². The zero-order chi connectivity index (χ0) is 20.6. The number of carbonyl (C=O) groups is 1. The Balaban J connectivity index is 1.86. The molecule has 1 N–H and O–H groups in total. The van der Waals surface area contributed by atoms with Crippen LogP contribution in [0.1, 0.15) is 38.2 Å². The number of nitrogens with zero attached hydrogens (tertiary/aromatic N) is 1.